The summed E-state index contributed by atoms with van der Waals surface area (Å²) in [7, 11) is 2.18. The van der Waals surface area contributed by atoms with Crippen molar-refractivity contribution in [2.75, 3.05) is 7.05 Å². The highest BCUT2D eigenvalue weighted by Crippen LogP contribution is 2.35. The Labute approximate surface area is 174 Å². The third-order valence-corrected chi connectivity index (χ3v) is 6.65. The van der Waals surface area contributed by atoms with Crippen LogP contribution in [0.5, 0.6) is 0 Å². The van der Waals surface area contributed by atoms with Crippen molar-refractivity contribution in [3.63, 3.8) is 0 Å². The summed E-state index contributed by atoms with van der Waals surface area (Å²) in [5, 5.41) is 9.98. The van der Waals surface area contributed by atoms with E-state index in [9.17, 15) is 0 Å². The van der Waals surface area contributed by atoms with Crippen molar-refractivity contribution in [2.24, 2.45) is 0 Å². The van der Waals surface area contributed by atoms with E-state index < -0.39 is 0 Å². The van der Waals surface area contributed by atoms with Crippen LogP contribution in [0.3, 0.4) is 0 Å². The van der Waals surface area contributed by atoms with E-state index in [4.69, 9.17) is 28.9 Å². The molecule has 2 aromatic heterocycles. The summed E-state index contributed by atoms with van der Waals surface area (Å²) < 4.78 is 5.04. The van der Waals surface area contributed by atoms with Crippen molar-refractivity contribution in [1.82, 2.24) is 14.3 Å². The topological polar surface area (TPSA) is 27.2 Å². The molecule has 0 aliphatic heterocycles. The lowest BCUT2D eigenvalue weighted by molar-refractivity contribution is -0.917. The van der Waals surface area contributed by atoms with Crippen LogP contribution in [-0.2, 0) is 13.2 Å². The highest BCUT2D eigenvalue weighted by Gasteiger charge is 2.25. The summed E-state index contributed by atoms with van der Waals surface area (Å²) in [6, 6.07) is 10.5. The molecule has 0 radical (unpaired) electrons. The van der Waals surface area contributed by atoms with Crippen LogP contribution in [0.2, 0.25) is 5.02 Å². The van der Waals surface area contributed by atoms with Crippen molar-refractivity contribution in [1.29, 1.82) is 0 Å². The Bertz CT molecular complexity index is 955. The van der Waals surface area contributed by atoms with E-state index in [1.807, 2.05) is 28.9 Å². The predicted octanol–water partition coefficient (Wildman–Crippen LogP) is 4.58. The zero-order chi connectivity index (χ0) is 18.8. The van der Waals surface area contributed by atoms with Crippen molar-refractivity contribution < 1.29 is 4.90 Å². The maximum Gasteiger partial charge on any atom is 0.203 e. The Morgan fingerprint density at radius 2 is 2.04 bits per heavy atom. The van der Waals surface area contributed by atoms with Crippen LogP contribution in [-0.4, -0.2) is 21.4 Å². The van der Waals surface area contributed by atoms with E-state index >= 15 is 0 Å². The van der Waals surface area contributed by atoms with Crippen molar-refractivity contribution >= 4 is 35.2 Å². The first-order valence-corrected chi connectivity index (χ1v) is 11.1. The molecule has 27 heavy (non-hydrogen) atoms. The van der Waals surface area contributed by atoms with Gasteiger partial charge in [-0.2, -0.15) is 16.0 Å². The number of hydrogen-bond donors (Lipinski definition) is 1. The number of nitrogens with zero attached hydrogens (tertiary/aromatic N) is 3. The van der Waals surface area contributed by atoms with E-state index in [0.29, 0.717) is 6.04 Å². The van der Waals surface area contributed by atoms with Gasteiger partial charge < -0.3 is 4.90 Å². The second-order valence-electron chi connectivity index (χ2n) is 7.32. The number of rotatable bonds is 6. The fourth-order valence-corrected chi connectivity index (χ4v) is 5.12. The van der Waals surface area contributed by atoms with Gasteiger partial charge in [-0.25, -0.2) is 0 Å². The van der Waals surface area contributed by atoms with E-state index in [1.54, 1.807) is 11.3 Å². The molecule has 1 unspecified atom stereocenters. The Kier molecular flexibility index (Phi) is 5.78. The summed E-state index contributed by atoms with van der Waals surface area (Å²) in [4.78, 5) is 1.35. The van der Waals surface area contributed by atoms with E-state index in [1.165, 1.54) is 23.3 Å². The van der Waals surface area contributed by atoms with E-state index in [-0.39, 0.29) is 0 Å². The number of halogens is 1. The Hall–Kier alpha value is -1.47. The smallest absolute Gasteiger partial charge is 0.203 e. The second-order valence-corrected chi connectivity index (χ2v) is 8.87. The number of quaternary nitrogens is 1. The van der Waals surface area contributed by atoms with Gasteiger partial charge in [-0.05, 0) is 54.0 Å². The number of nitrogens with one attached hydrogen (secondary N) is 1. The largest absolute Gasteiger partial charge is 0.315 e. The van der Waals surface area contributed by atoms with Gasteiger partial charge in [-0.1, -0.05) is 36.6 Å². The minimum atomic E-state index is 0.426. The number of aromatic nitrogens is 3. The first kappa shape index (κ1) is 18.9. The van der Waals surface area contributed by atoms with Gasteiger partial charge in [0.05, 0.1) is 12.1 Å². The molecule has 3 aromatic rings. The molecular formula is C20H24ClN4S2+. The van der Waals surface area contributed by atoms with Gasteiger partial charge in [0.1, 0.15) is 6.54 Å². The van der Waals surface area contributed by atoms with Crippen molar-refractivity contribution in [3.8, 4) is 11.4 Å². The summed E-state index contributed by atoms with van der Waals surface area (Å²) in [6.45, 7) is 1.70. The molecule has 0 spiro atoms. The summed E-state index contributed by atoms with van der Waals surface area (Å²) >= 11 is 14.1. The molecule has 1 fully saturated rings. The molecule has 1 N–H and O–H groups in total. The fraction of sp³-hybridized carbons (Fsp3) is 0.400. The molecule has 1 aliphatic carbocycles. The van der Waals surface area contributed by atoms with Crippen LogP contribution in [0.4, 0.5) is 0 Å². The first-order chi connectivity index (χ1) is 13.1. The molecule has 7 heteroatoms. The minimum absolute atomic E-state index is 0.426. The maximum absolute atomic E-state index is 6.50. The zero-order valence-electron chi connectivity index (χ0n) is 15.4. The van der Waals surface area contributed by atoms with Gasteiger partial charge >= 0.3 is 0 Å². The molecule has 2 heterocycles. The highest BCUT2D eigenvalue weighted by molar-refractivity contribution is 7.71. The molecule has 0 saturated heterocycles. The standard InChI is InChI=1S/C20H23ClN4S2/c1-23(12-15-10-11-27-13-15)14-24-20(26)25(16-6-2-3-7-16)19(22-24)17-8-4-5-9-18(17)21/h4-5,8-11,13,16H,2-3,6-7,12,14H2,1H3/p+1. The van der Waals surface area contributed by atoms with Crippen molar-refractivity contribution in [2.45, 2.75) is 44.9 Å². The second kappa shape index (κ2) is 8.27. The highest BCUT2D eigenvalue weighted by atomic mass is 35.5. The number of thiophene rings is 1. The van der Waals surface area contributed by atoms with Crippen LogP contribution in [0.25, 0.3) is 11.4 Å². The Morgan fingerprint density at radius 1 is 1.26 bits per heavy atom. The molecule has 0 bridgehead atoms. The molecule has 142 valence electrons. The van der Waals surface area contributed by atoms with Crippen LogP contribution in [0.15, 0.2) is 41.1 Å². The van der Waals surface area contributed by atoms with Crippen LogP contribution >= 0.6 is 35.2 Å². The molecule has 4 rings (SSSR count). The summed E-state index contributed by atoms with van der Waals surface area (Å²) in [5.41, 5.74) is 2.32. The average molecular weight is 420 g/mol. The van der Waals surface area contributed by atoms with Crippen LogP contribution < -0.4 is 4.90 Å². The SMILES string of the molecule is C[NH+](Cc1ccsc1)Cn1nc(-c2ccccc2Cl)n(C2CCCC2)c1=S. The normalized spacial score (nSPS) is 16.1. The number of benzene rings is 1. The Morgan fingerprint density at radius 3 is 2.74 bits per heavy atom. The molecule has 1 aliphatic rings. The maximum atomic E-state index is 6.50. The lowest BCUT2D eigenvalue weighted by Gasteiger charge is -2.15. The van der Waals surface area contributed by atoms with Crippen molar-refractivity contribution in [3.05, 3.63) is 56.4 Å². The van der Waals surface area contributed by atoms with Gasteiger partial charge in [-0.15, -0.1) is 5.10 Å². The third kappa shape index (κ3) is 4.04. The number of hydrogen-bond acceptors (Lipinski definition) is 3. The molecule has 1 aromatic carbocycles. The van der Waals surface area contributed by atoms with Crippen LogP contribution in [0.1, 0.15) is 37.3 Å². The summed E-state index contributed by atoms with van der Waals surface area (Å²) in [5.74, 6) is 0.904. The molecule has 0 amide bonds. The van der Waals surface area contributed by atoms with Crippen LogP contribution in [0, 0.1) is 4.77 Å². The quantitative estimate of drug-likeness (QED) is 0.592. The van der Waals surface area contributed by atoms with E-state index in [2.05, 4.69) is 28.4 Å². The predicted molar refractivity (Wildman–Crippen MR) is 114 cm³/mol. The lowest BCUT2D eigenvalue weighted by Crippen LogP contribution is -3.06. The first-order valence-electron chi connectivity index (χ1n) is 9.40. The third-order valence-electron chi connectivity index (χ3n) is 5.18. The minimum Gasteiger partial charge on any atom is -0.315 e. The molecule has 1 atom stereocenters. The van der Waals surface area contributed by atoms with Gasteiger partial charge in [0.15, 0.2) is 12.5 Å². The average Bonchev–Trinajstić information content (AvgIpc) is 3.38. The monoisotopic (exact) mass is 419 g/mol. The zero-order valence-corrected chi connectivity index (χ0v) is 17.8. The lowest BCUT2D eigenvalue weighted by atomic mass is 10.2. The molecule has 4 nitrogen and oxygen atoms in total. The van der Waals surface area contributed by atoms with Gasteiger partial charge in [0.2, 0.25) is 4.77 Å². The Balaban J connectivity index is 1.69. The molecular weight excluding hydrogens is 396 g/mol. The molecule has 1 saturated carbocycles. The fourth-order valence-electron chi connectivity index (χ4n) is 3.89. The van der Waals surface area contributed by atoms with Gasteiger partial charge in [-0.3, -0.25) is 4.57 Å². The summed E-state index contributed by atoms with van der Waals surface area (Å²) in [6.07, 6.45) is 4.83. The van der Waals surface area contributed by atoms with E-state index in [0.717, 1.165) is 47.2 Å². The van der Waals surface area contributed by atoms with Gasteiger partial charge in [0, 0.05) is 17.2 Å². The van der Waals surface area contributed by atoms with Gasteiger partial charge in [0.25, 0.3) is 0 Å².